The molecule has 0 unspecified atom stereocenters. The molecule has 1 fully saturated rings. The van der Waals surface area contributed by atoms with Crippen LogP contribution in [0.3, 0.4) is 0 Å². The predicted octanol–water partition coefficient (Wildman–Crippen LogP) is 1.20. The molecule has 4 rings (SSSR count). The van der Waals surface area contributed by atoms with Gasteiger partial charge in [0.25, 0.3) is 5.91 Å². The molecule has 1 saturated carbocycles. The van der Waals surface area contributed by atoms with Crippen LogP contribution in [0.15, 0.2) is 24.4 Å². The molecule has 2 aliphatic rings. The molecule has 138 valence electrons. The minimum Gasteiger partial charge on any atom is -0.423 e. The van der Waals surface area contributed by atoms with Gasteiger partial charge in [-0.2, -0.15) is 10.4 Å². The first-order valence-corrected chi connectivity index (χ1v) is 9.05. The van der Waals surface area contributed by atoms with Crippen molar-refractivity contribution in [2.45, 2.75) is 38.3 Å². The van der Waals surface area contributed by atoms with Crippen molar-refractivity contribution < 1.29 is 14.5 Å². The van der Waals surface area contributed by atoms with E-state index in [0.29, 0.717) is 12.4 Å². The normalized spacial score (nSPS) is 21.6. The Kier molecular flexibility index (Phi) is 4.60. The van der Waals surface area contributed by atoms with Crippen LogP contribution in [0.4, 0.5) is 11.5 Å². The lowest BCUT2D eigenvalue weighted by atomic mass is 9.79. The van der Waals surface area contributed by atoms with E-state index in [9.17, 15) is 15.1 Å². The van der Waals surface area contributed by atoms with Gasteiger partial charge in [-0.1, -0.05) is 18.9 Å². The van der Waals surface area contributed by atoms with Gasteiger partial charge in [-0.25, -0.2) is 0 Å². The maximum atomic E-state index is 11.9. The zero-order valence-electron chi connectivity index (χ0n) is 14.8. The van der Waals surface area contributed by atoms with E-state index in [-0.39, 0.29) is 17.5 Å². The average Bonchev–Trinajstić information content (AvgIpc) is 3.25. The standard InChI is InChI=1S/C18H20BN5O3/c20-8-11-3-1-2-4-16(11)24-9-14(17(21)25)18(23-24)22-13-5-6-15-12(7-13)10-27-19(15)26/h5-7,9,11,16,26H,1-4,10H2,(H2,21,25)(H,22,23)/t11-,16+/m1/s1. The first-order chi connectivity index (χ1) is 13.1. The SMILES string of the molecule is N#C[C@H]1CCCC[C@@H]1n1cc(C(N)=O)c(Nc2ccc3c(c2)COB3O)n1. The molecular weight excluding hydrogens is 345 g/mol. The van der Waals surface area contributed by atoms with Crippen molar-refractivity contribution >= 4 is 30.0 Å². The average molecular weight is 365 g/mol. The summed E-state index contributed by atoms with van der Waals surface area (Å²) in [5, 5.41) is 26.8. The Labute approximate surface area is 157 Å². The van der Waals surface area contributed by atoms with Crippen molar-refractivity contribution in [3.63, 3.8) is 0 Å². The largest absolute Gasteiger partial charge is 0.491 e. The first kappa shape index (κ1) is 17.6. The summed E-state index contributed by atoms with van der Waals surface area (Å²) in [5.41, 5.74) is 8.16. The van der Waals surface area contributed by atoms with Gasteiger partial charge < -0.3 is 20.7 Å². The third-order valence-corrected chi connectivity index (χ3v) is 5.30. The van der Waals surface area contributed by atoms with E-state index in [1.54, 1.807) is 23.0 Å². The molecule has 1 aromatic heterocycles. The van der Waals surface area contributed by atoms with E-state index in [2.05, 4.69) is 16.5 Å². The third kappa shape index (κ3) is 3.29. The van der Waals surface area contributed by atoms with Crippen LogP contribution in [0.5, 0.6) is 0 Å². The van der Waals surface area contributed by atoms with Crippen molar-refractivity contribution in [1.82, 2.24) is 9.78 Å². The fraction of sp³-hybridized carbons (Fsp3) is 0.389. The molecule has 4 N–H and O–H groups in total. The Morgan fingerprint density at radius 1 is 1.44 bits per heavy atom. The third-order valence-electron chi connectivity index (χ3n) is 5.30. The molecule has 1 aliphatic carbocycles. The highest BCUT2D eigenvalue weighted by Gasteiger charge is 2.30. The number of nitrogens with one attached hydrogen (secondary N) is 1. The monoisotopic (exact) mass is 365 g/mol. The number of anilines is 2. The van der Waals surface area contributed by atoms with Crippen molar-refractivity contribution in [1.29, 1.82) is 5.26 Å². The number of aromatic nitrogens is 2. The molecule has 2 heterocycles. The van der Waals surface area contributed by atoms with Crippen LogP contribution in [0.25, 0.3) is 0 Å². The van der Waals surface area contributed by atoms with Gasteiger partial charge in [-0.05, 0) is 36.0 Å². The number of nitrogens with two attached hydrogens (primary N) is 1. The molecule has 9 heteroatoms. The summed E-state index contributed by atoms with van der Waals surface area (Å²) in [7, 11) is -0.899. The summed E-state index contributed by atoms with van der Waals surface area (Å²) in [6.07, 6.45) is 5.39. The number of fused-ring (bicyclic) bond motifs is 1. The molecule has 0 spiro atoms. The number of primary amides is 1. The zero-order valence-corrected chi connectivity index (χ0v) is 14.8. The number of hydrogen-bond acceptors (Lipinski definition) is 6. The van der Waals surface area contributed by atoms with Crippen LogP contribution in [0.2, 0.25) is 0 Å². The van der Waals surface area contributed by atoms with E-state index in [4.69, 9.17) is 10.4 Å². The van der Waals surface area contributed by atoms with E-state index in [1.165, 1.54) is 0 Å². The molecule has 0 saturated heterocycles. The van der Waals surface area contributed by atoms with Crippen molar-refractivity contribution in [3.8, 4) is 6.07 Å². The van der Waals surface area contributed by atoms with Gasteiger partial charge in [0.15, 0.2) is 5.82 Å². The summed E-state index contributed by atoms with van der Waals surface area (Å²) >= 11 is 0. The van der Waals surface area contributed by atoms with Gasteiger partial charge in [0.05, 0.1) is 24.6 Å². The molecular formula is C18H20BN5O3. The fourth-order valence-electron chi connectivity index (χ4n) is 3.86. The second-order valence-electron chi connectivity index (χ2n) is 7.02. The van der Waals surface area contributed by atoms with Crippen LogP contribution in [0.1, 0.15) is 47.6 Å². The topological polar surface area (TPSA) is 126 Å². The quantitative estimate of drug-likeness (QED) is 0.699. The number of hydrogen-bond donors (Lipinski definition) is 3. The smallest absolute Gasteiger partial charge is 0.423 e. The number of nitriles is 1. The number of carbonyl (C=O) groups is 1. The maximum absolute atomic E-state index is 11.9. The lowest BCUT2D eigenvalue weighted by molar-refractivity contribution is 0.100. The zero-order chi connectivity index (χ0) is 19.0. The molecule has 1 aliphatic heterocycles. The van der Waals surface area contributed by atoms with Gasteiger partial charge in [0.1, 0.15) is 5.56 Å². The maximum Gasteiger partial charge on any atom is 0.491 e. The van der Waals surface area contributed by atoms with Gasteiger partial charge in [-0.3, -0.25) is 9.48 Å². The second kappa shape index (κ2) is 7.06. The van der Waals surface area contributed by atoms with Crippen molar-refractivity contribution in [3.05, 3.63) is 35.5 Å². The minimum absolute atomic E-state index is 0.0547. The number of nitrogens with zero attached hydrogens (tertiary/aromatic N) is 3. The summed E-state index contributed by atoms with van der Waals surface area (Å²) in [4.78, 5) is 11.9. The molecule has 27 heavy (non-hydrogen) atoms. The predicted molar refractivity (Wildman–Crippen MR) is 99.5 cm³/mol. The van der Waals surface area contributed by atoms with Crippen molar-refractivity contribution in [2.75, 3.05) is 5.32 Å². The first-order valence-electron chi connectivity index (χ1n) is 9.05. The molecule has 1 amide bonds. The lowest BCUT2D eigenvalue weighted by Gasteiger charge is -2.26. The fourth-order valence-corrected chi connectivity index (χ4v) is 3.86. The summed E-state index contributed by atoms with van der Waals surface area (Å²) in [6.45, 7) is 0.328. The Balaban J connectivity index is 1.64. The van der Waals surface area contributed by atoms with Crippen LogP contribution in [-0.4, -0.2) is 27.8 Å². The van der Waals surface area contributed by atoms with Crippen LogP contribution in [-0.2, 0) is 11.3 Å². The van der Waals surface area contributed by atoms with Gasteiger partial charge in [-0.15, -0.1) is 0 Å². The van der Waals surface area contributed by atoms with E-state index < -0.39 is 13.0 Å². The molecule has 1 aromatic carbocycles. The highest BCUT2D eigenvalue weighted by atomic mass is 16.5. The summed E-state index contributed by atoms with van der Waals surface area (Å²) < 4.78 is 6.91. The van der Waals surface area contributed by atoms with Crippen LogP contribution < -0.4 is 16.5 Å². The summed E-state index contributed by atoms with van der Waals surface area (Å²) in [5.74, 6) is -0.331. The number of rotatable bonds is 4. The van der Waals surface area contributed by atoms with Gasteiger partial charge in [0.2, 0.25) is 0 Å². The Morgan fingerprint density at radius 3 is 3.04 bits per heavy atom. The molecule has 2 aromatic rings. The van der Waals surface area contributed by atoms with Crippen molar-refractivity contribution in [2.24, 2.45) is 11.7 Å². The molecule has 0 radical (unpaired) electrons. The Hall–Kier alpha value is -2.83. The van der Waals surface area contributed by atoms with Crippen LogP contribution >= 0.6 is 0 Å². The highest BCUT2D eigenvalue weighted by Crippen LogP contribution is 2.34. The van der Waals surface area contributed by atoms with E-state index >= 15 is 0 Å². The Bertz CT molecular complexity index is 922. The Morgan fingerprint density at radius 2 is 2.26 bits per heavy atom. The number of benzene rings is 1. The van der Waals surface area contributed by atoms with Crippen LogP contribution in [0, 0.1) is 17.2 Å². The lowest BCUT2D eigenvalue weighted by Crippen LogP contribution is -2.27. The highest BCUT2D eigenvalue weighted by molar-refractivity contribution is 6.61. The second-order valence-corrected chi connectivity index (χ2v) is 7.02. The van der Waals surface area contributed by atoms with Gasteiger partial charge in [0, 0.05) is 11.9 Å². The molecule has 0 bridgehead atoms. The van der Waals surface area contributed by atoms with Gasteiger partial charge >= 0.3 is 7.12 Å². The minimum atomic E-state index is -0.899. The summed E-state index contributed by atoms with van der Waals surface area (Å²) in [6, 6.07) is 7.73. The van der Waals surface area contributed by atoms with E-state index in [1.807, 2.05) is 6.07 Å². The number of amides is 1. The number of carbonyl (C=O) groups excluding carboxylic acids is 1. The molecule has 8 nitrogen and oxygen atoms in total. The van der Waals surface area contributed by atoms with E-state index in [0.717, 1.165) is 42.4 Å². The molecule has 2 atom stereocenters.